The molecular weight excluding hydrogens is 314 g/mol. The molecule has 1 aromatic carbocycles. The number of nitrogens with one attached hydrogen (secondary N) is 1. The molecule has 0 aliphatic heterocycles. The zero-order valence-electron chi connectivity index (χ0n) is 9.57. The third-order valence-corrected chi connectivity index (χ3v) is 3.89. The van der Waals surface area contributed by atoms with Gasteiger partial charge in [0.05, 0.1) is 15.0 Å². The van der Waals surface area contributed by atoms with Gasteiger partial charge < -0.3 is 5.32 Å². The number of anilines is 1. The highest BCUT2D eigenvalue weighted by atomic mass is 79.9. The van der Waals surface area contributed by atoms with Crippen molar-refractivity contribution in [2.75, 3.05) is 5.32 Å². The third kappa shape index (κ3) is 2.86. The molecule has 5 heteroatoms. The van der Waals surface area contributed by atoms with Crippen LogP contribution in [0.15, 0.2) is 39.5 Å². The van der Waals surface area contributed by atoms with Crippen molar-refractivity contribution >= 4 is 44.6 Å². The molecule has 1 aromatic heterocycles. The fourth-order valence-electron chi connectivity index (χ4n) is 1.52. The fraction of sp³-hybridized carbons (Fsp3) is 0.0769. The Hall–Kier alpha value is -1.46. The fourth-order valence-corrected chi connectivity index (χ4v) is 2.66. The molecule has 1 heterocycles. The van der Waals surface area contributed by atoms with Crippen LogP contribution in [0.1, 0.15) is 27.6 Å². The van der Waals surface area contributed by atoms with Crippen molar-refractivity contribution in [3.05, 3.63) is 50.6 Å². The van der Waals surface area contributed by atoms with Gasteiger partial charge in [0.2, 0.25) is 0 Å². The number of carbonyl (C=O) groups is 2. The van der Waals surface area contributed by atoms with E-state index in [1.54, 1.807) is 35.7 Å². The van der Waals surface area contributed by atoms with Crippen LogP contribution in [0.2, 0.25) is 0 Å². The Bertz CT molecular complexity index is 607. The number of carbonyl (C=O) groups excluding carboxylic acids is 2. The maximum Gasteiger partial charge on any atom is 0.256 e. The van der Waals surface area contributed by atoms with Gasteiger partial charge >= 0.3 is 0 Å². The lowest BCUT2D eigenvalue weighted by molar-refractivity contribution is 0.101. The molecule has 0 fully saturated rings. The lowest BCUT2D eigenvalue weighted by Gasteiger charge is -2.07. The number of Topliss-reactive ketones (excluding diaryl/α,β-unsaturated/α-hetero) is 1. The van der Waals surface area contributed by atoms with E-state index in [0.717, 1.165) is 3.79 Å². The smallest absolute Gasteiger partial charge is 0.256 e. The van der Waals surface area contributed by atoms with Crippen molar-refractivity contribution in [1.82, 2.24) is 0 Å². The van der Waals surface area contributed by atoms with Gasteiger partial charge in [0, 0.05) is 10.9 Å². The van der Waals surface area contributed by atoms with E-state index in [9.17, 15) is 9.59 Å². The van der Waals surface area contributed by atoms with Crippen LogP contribution in [0.4, 0.5) is 5.69 Å². The lowest BCUT2D eigenvalue weighted by Crippen LogP contribution is -2.13. The second-order valence-electron chi connectivity index (χ2n) is 3.70. The molecule has 0 spiro atoms. The second-order valence-corrected chi connectivity index (χ2v) is 5.99. The predicted octanol–water partition coefficient (Wildman–Crippen LogP) is 3.97. The molecule has 0 atom stereocenters. The molecule has 0 saturated carbocycles. The van der Waals surface area contributed by atoms with Gasteiger partial charge in [-0.2, -0.15) is 0 Å². The molecule has 3 nitrogen and oxygen atoms in total. The zero-order valence-corrected chi connectivity index (χ0v) is 12.0. The molecule has 0 radical (unpaired) electrons. The average molecular weight is 324 g/mol. The molecule has 0 aliphatic carbocycles. The number of hydrogen-bond donors (Lipinski definition) is 1. The SMILES string of the molecule is CC(=O)c1ccccc1NC(=O)c1csc(Br)c1. The van der Waals surface area contributed by atoms with E-state index in [4.69, 9.17) is 0 Å². The Labute approximate surface area is 117 Å². The van der Waals surface area contributed by atoms with E-state index in [1.165, 1.54) is 18.3 Å². The van der Waals surface area contributed by atoms with Gasteiger partial charge in [-0.3, -0.25) is 9.59 Å². The van der Waals surface area contributed by atoms with Crippen LogP contribution < -0.4 is 5.32 Å². The van der Waals surface area contributed by atoms with Gasteiger partial charge in [-0.05, 0) is 41.1 Å². The summed E-state index contributed by atoms with van der Waals surface area (Å²) in [4.78, 5) is 23.4. The summed E-state index contributed by atoms with van der Waals surface area (Å²) >= 11 is 4.75. The normalized spacial score (nSPS) is 10.1. The number of rotatable bonds is 3. The van der Waals surface area contributed by atoms with Gasteiger partial charge in [0.25, 0.3) is 5.91 Å². The van der Waals surface area contributed by atoms with Gasteiger partial charge in [-0.25, -0.2) is 0 Å². The molecule has 2 rings (SSSR count). The Morgan fingerprint density at radius 2 is 2.00 bits per heavy atom. The summed E-state index contributed by atoms with van der Waals surface area (Å²) in [5, 5.41) is 4.51. The molecule has 2 aromatic rings. The van der Waals surface area contributed by atoms with Crippen molar-refractivity contribution in [2.45, 2.75) is 6.92 Å². The Balaban J connectivity index is 2.24. The summed E-state index contributed by atoms with van der Waals surface area (Å²) in [7, 11) is 0. The Morgan fingerprint density at radius 3 is 2.61 bits per heavy atom. The first-order valence-corrected chi connectivity index (χ1v) is 6.90. The van der Waals surface area contributed by atoms with Crippen molar-refractivity contribution in [3.8, 4) is 0 Å². The van der Waals surface area contributed by atoms with Crippen LogP contribution in [0.3, 0.4) is 0 Å². The van der Waals surface area contributed by atoms with Gasteiger partial charge in [-0.15, -0.1) is 11.3 Å². The number of ketones is 1. The summed E-state index contributed by atoms with van der Waals surface area (Å²) in [5.41, 5.74) is 1.63. The number of amides is 1. The summed E-state index contributed by atoms with van der Waals surface area (Å²) in [6.45, 7) is 1.48. The molecule has 0 saturated heterocycles. The summed E-state index contributed by atoms with van der Waals surface area (Å²) in [5.74, 6) is -0.289. The van der Waals surface area contributed by atoms with Gasteiger partial charge in [-0.1, -0.05) is 12.1 Å². The highest BCUT2D eigenvalue weighted by Gasteiger charge is 2.12. The molecule has 18 heavy (non-hydrogen) atoms. The second kappa shape index (κ2) is 5.46. The van der Waals surface area contributed by atoms with E-state index < -0.39 is 0 Å². The highest BCUT2D eigenvalue weighted by molar-refractivity contribution is 9.11. The highest BCUT2D eigenvalue weighted by Crippen LogP contribution is 2.22. The first-order valence-electron chi connectivity index (χ1n) is 5.23. The quantitative estimate of drug-likeness (QED) is 0.869. The Morgan fingerprint density at radius 1 is 1.28 bits per heavy atom. The maximum absolute atomic E-state index is 12.0. The third-order valence-electron chi connectivity index (χ3n) is 2.38. The van der Waals surface area contributed by atoms with E-state index in [0.29, 0.717) is 16.8 Å². The first kappa shape index (κ1) is 13.0. The molecule has 1 amide bonds. The van der Waals surface area contributed by atoms with E-state index >= 15 is 0 Å². The number of hydrogen-bond acceptors (Lipinski definition) is 3. The molecule has 92 valence electrons. The summed E-state index contributed by atoms with van der Waals surface area (Å²) in [6, 6.07) is 8.72. The molecule has 0 unspecified atom stereocenters. The van der Waals surface area contributed by atoms with Crippen molar-refractivity contribution < 1.29 is 9.59 Å². The number of halogens is 1. The number of benzene rings is 1. The Kier molecular flexibility index (Phi) is 3.93. The average Bonchev–Trinajstić information content (AvgIpc) is 2.76. The minimum Gasteiger partial charge on any atom is -0.321 e. The van der Waals surface area contributed by atoms with Crippen LogP contribution in [0.5, 0.6) is 0 Å². The van der Waals surface area contributed by atoms with E-state index in [-0.39, 0.29) is 11.7 Å². The van der Waals surface area contributed by atoms with Gasteiger partial charge in [0.1, 0.15) is 0 Å². The molecule has 0 bridgehead atoms. The first-order chi connectivity index (χ1) is 8.58. The maximum atomic E-state index is 12.0. The van der Waals surface area contributed by atoms with E-state index in [1.807, 2.05) is 0 Å². The summed E-state index contributed by atoms with van der Waals surface area (Å²) in [6.07, 6.45) is 0. The van der Waals surface area contributed by atoms with Crippen LogP contribution in [-0.4, -0.2) is 11.7 Å². The lowest BCUT2D eigenvalue weighted by atomic mass is 10.1. The van der Waals surface area contributed by atoms with Gasteiger partial charge in [0.15, 0.2) is 5.78 Å². The standard InChI is InChI=1S/C13H10BrNO2S/c1-8(16)10-4-2-3-5-11(10)15-13(17)9-6-12(14)18-7-9/h2-7H,1H3,(H,15,17). The molecular formula is C13H10BrNO2S. The van der Waals surface area contributed by atoms with Crippen molar-refractivity contribution in [1.29, 1.82) is 0 Å². The number of thiophene rings is 1. The van der Waals surface area contributed by atoms with E-state index in [2.05, 4.69) is 21.2 Å². The zero-order chi connectivity index (χ0) is 13.1. The predicted molar refractivity (Wildman–Crippen MR) is 76.4 cm³/mol. The minimum atomic E-state index is -0.217. The largest absolute Gasteiger partial charge is 0.321 e. The van der Waals surface area contributed by atoms with Crippen LogP contribution >= 0.6 is 27.3 Å². The molecule has 0 aliphatic rings. The molecule has 1 N–H and O–H groups in total. The van der Waals surface area contributed by atoms with Crippen LogP contribution in [0.25, 0.3) is 0 Å². The van der Waals surface area contributed by atoms with Crippen molar-refractivity contribution in [3.63, 3.8) is 0 Å². The van der Waals surface area contributed by atoms with Crippen molar-refractivity contribution in [2.24, 2.45) is 0 Å². The summed E-state index contributed by atoms with van der Waals surface area (Å²) < 4.78 is 0.896. The van der Waals surface area contributed by atoms with Crippen LogP contribution in [-0.2, 0) is 0 Å². The topological polar surface area (TPSA) is 46.2 Å². The minimum absolute atomic E-state index is 0.0719. The van der Waals surface area contributed by atoms with Crippen LogP contribution in [0, 0.1) is 0 Å². The number of para-hydroxylation sites is 1. The monoisotopic (exact) mass is 323 g/mol.